The van der Waals surface area contributed by atoms with E-state index >= 15 is 0 Å². The molecule has 0 fully saturated rings. The Morgan fingerprint density at radius 1 is 1.32 bits per heavy atom. The zero-order valence-corrected chi connectivity index (χ0v) is 12.0. The van der Waals surface area contributed by atoms with Crippen LogP contribution in [0.1, 0.15) is 17.5 Å². The van der Waals surface area contributed by atoms with E-state index in [9.17, 15) is 0 Å². The third-order valence-corrected chi connectivity index (χ3v) is 3.80. The molecule has 2 heterocycles. The van der Waals surface area contributed by atoms with E-state index in [1.54, 1.807) is 0 Å². The molecule has 0 atom stereocenters. The van der Waals surface area contributed by atoms with E-state index < -0.39 is 0 Å². The minimum absolute atomic E-state index is 0.963. The Kier molecular flexibility index (Phi) is 3.15. The van der Waals surface area contributed by atoms with E-state index in [1.165, 1.54) is 28.6 Å². The number of rotatable bonds is 2. The van der Waals surface area contributed by atoms with Crippen LogP contribution in [-0.2, 0) is 13.0 Å². The van der Waals surface area contributed by atoms with Crippen LogP contribution in [0.25, 0.3) is 10.9 Å². The van der Waals surface area contributed by atoms with Gasteiger partial charge in [-0.1, -0.05) is 12.1 Å². The highest BCUT2D eigenvalue weighted by Gasteiger charge is 2.17. The summed E-state index contributed by atoms with van der Waals surface area (Å²) in [5, 5.41) is 1.29. The van der Waals surface area contributed by atoms with Gasteiger partial charge in [0, 0.05) is 31.7 Å². The second-order valence-electron chi connectivity index (χ2n) is 5.75. The summed E-state index contributed by atoms with van der Waals surface area (Å²) in [5.41, 5.74) is 5.21. The molecule has 0 N–H and O–H groups in total. The number of fused-ring (bicyclic) bond motifs is 3. The van der Waals surface area contributed by atoms with Crippen LogP contribution < -0.4 is 4.90 Å². The molecule has 0 saturated heterocycles. The first-order chi connectivity index (χ1) is 9.15. The molecular weight excluding hydrogens is 234 g/mol. The number of nitrogens with zero attached hydrogens (tertiary/aromatic N) is 3. The SMILES string of the molecule is CN(C)Cc1ccc2c3c(cnc2c1)CCCN3C. The van der Waals surface area contributed by atoms with Crippen molar-refractivity contribution in [2.75, 3.05) is 32.6 Å². The Morgan fingerprint density at radius 2 is 2.16 bits per heavy atom. The van der Waals surface area contributed by atoms with E-state index in [4.69, 9.17) is 0 Å². The summed E-state index contributed by atoms with van der Waals surface area (Å²) < 4.78 is 0. The van der Waals surface area contributed by atoms with Crippen molar-refractivity contribution in [3.8, 4) is 0 Å². The summed E-state index contributed by atoms with van der Waals surface area (Å²) >= 11 is 0. The van der Waals surface area contributed by atoms with Crippen molar-refractivity contribution in [2.24, 2.45) is 0 Å². The Balaban J connectivity index is 2.11. The van der Waals surface area contributed by atoms with Crippen LogP contribution in [0.4, 0.5) is 5.69 Å². The number of aryl methyl sites for hydroxylation is 1. The summed E-state index contributed by atoms with van der Waals surface area (Å²) in [6.45, 7) is 2.11. The predicted octanol–water partition coefficient (Wildman–Crippen LogP) is 2.68. The van der Waals surface area contributed by atoms with Crippen LogP contribution in [0.3, 0.4) is 0 Å². The van der Waals surface area contributed by atoms with Gasteiger partial charge in [0.1, 0.15) is 0 Å². The molecule has 0 radical (unpaired) electrons. The molecule has 1 aromatic heterocycles. The topological polar surface area (TPSA) is 19.4 Å². The average Bonchev–Trinajstić information content (AvgIpc) is 2.38. The van der Waals surface area contributed by atoms with Crippen LogP contribution >= 0.6 is 0 Å². The molecule has 0 saturated carbocycles. The highest BCUT2D eigenvalue weighted by atomic mass is 15.1. The third kappa shape index (κ3) is 2.30. The molecule has 1 aliphatic heterocycles. The van der Waals surface area contributed by atoms with Gasteiger partial charge < -0.3 is 9.80 Å². The van der Waals surface area contributed by atoms with E-state index in [-0.39, 0.29) is 0 Å². The fourth-order valence-corrected chi connectivity index (χ4v) is 2.98. The zero-order valence-electron chi connectivity index (χ0n) is 12.0. The number of hydrogen-bond acceptors (Lipinski definition) is 3. The van der Waals surface area contributed by atoms with Gasteiger partial charge in [0.15, 0.2) is 0 Å². The van der Waals surface area contributed by atoms with Gasteiger partial charge in [-0.15, -0.1) is 0 Å². The molecule has 100 valence electrons. The maximum absolute atomic E-state index is 4.65. The van der Waals surface area contributed by atoms with Gasteiger partial charge in [0.25, 0.3) is 0 Å². The zero-order chi connectivity index (χ0) is 13.4. The van der Waals surface area contributed by atoms with E-state index in [2.05, 4.69) is 60.3 Å². The highest BCUT2D eigenvalue weighted by molar-refractivity contribution is 5.93. The highest BCUT2D eigenvalue weighted by Crippen LogP contribution is 2.33. The van der Waals surface area contributed by atoms with E-state index in [1.807, 2.05) is 0 Å². The fraction of sp³-hybridized carbons (Fsp3) is 0.438. The first kappa shape index (κ1) is 12.4. The molecule has 0 aliphatic carbocycles. The van der Waals surface area contributed by atoms with Crippen molar-refractivity contribution in [1.82, 2.24) is 9.88 Å². The molecule has 2 aromatic rings. The molecule has 19 heavy (non-hydrogen) atoms. The number of anilines is 1. The van der Waals surface area contributed by atoms with E-state index in [0.717, 1.165) is 25.0 Å². The fourth-order valence-electron chi connectivity index (χ4n) is 2.98. The molecular formula is C16H21N3. The van der Waals surface area contributed by atoms with Gasteiger partial charge in [-0.2, -0.15) is 0 Å². The summed E-state index contributed by atoms with van der Waals surface area (Å²) in [6.07, 6.45) is 4.45. The molecule has 1 aliphatic rings. The minimum Gasteiger partial charge on any atom is -0.374 e. The maximum Gasteiger partial charge on any atom is 0.0726 e. The van der Waals surface area contributed by atoms with Crippen molar-refractivity contribution in [3.63, 3.8) is 0 Å². The van der Waals surface area contributed by atoms with Crippen LogP contribution in [0, 0.1) is 0 Å². The Bertz CT molecular complexity index is 604. The quantitative estimate of drug-likeness (QED) is 0.822. The van der Waals surface area contributed by atoms with E-state index in [0.29, 0.717) is 0 Å². The Hall–Kier alpha value is -1.61. The lowest BCUT2D eigenvalue weighted by atomic mass is 9.99. The molecule has 0 amide bonds. The van der Waals surface area contributed by atoms with Crippen LogP contribution in [0.15, 0.2) is 24.4 Å². The van der Waals surface area contributed by atoms with Crippen LogP contribution in [0.2, 0.25) is 0 Å². The second kappa shape index (κ2) is 4.82. The van der Waals surface area contributed by atoms with Gasteiger partial charge in [0.2, 0.25) is 0 Å². The van der Waals surface area contributed by atoms with Gasteiger partial charge in [-0.05, 0) is 44.1 Å². The second-order valence-corrected chi connectivity index (χ2v) is 5.75. The number of hydrogen-bond donors (Lipinski definition) is 0. The standard InChI is InChI=1S/C16H21N3/c1-18(2)11-12-6-7-14-15(9-12)17-10-13-5-4-8-19(3)16(13)14/h6-7,9-10H,4-5,8,11H2,1-3H3. The van der Waals surface area contributed by atoms with Crippen molar-refractivity contribution >= 4 is 16.6 Å². The molecule has 0 spiro atoms. The van der Waals surface area contributed by atoms with Crippen LogP contribution in [0.5, 0.6) is 0 Å². The molecule has 3 nitrogen and oxygen atoms in total. The lowest BCUT2D eigenvalue weighted by Crippen LogP contribution is -2.25. The third-order valence-electron chi connectivity index (χ3n) is 3.80. The first-order valence-corrected chi connectivity index (χ1v) is 6.91. The van der Waals surface area contributed by atoms with Crippen molar-refractivity contribution < 1.29 is 0 Å². The van der Waals surface area contributed by atoms with Crippen LogP contribution in [-0.4, -0.2) is 37.6 Å². The maximum atomic E-state index is 4.65. The monoisotopic (exact) mass is 255 g/mol. The molecule has 0 unspecified atom stereocenters. The summed E-state index contributed by atoms with van der Waals surface area (Å²) in [7, 11) is 6.38. The minimum atomic E-state index is 0.963. The molecule has 1 aromatic carbocycles. The summed E-state index contributed by atoms with van der Waals surface area (Å²) in [4.78, 5) is 9.21. The van der Waals surface area contributed by atoms with Gasteiger partial charge in [0.05, 0.1) is 11.2 Å². The Morgan fingerprint density at radius 3 is 2.95 bits per heavy atom. The largest absolute Gasteiger partial charge is 0.374 e. The normalized spacial score (nSPS) is 15.1. The number of aromatic nitrogens is 1. The summed E-state index contributed by atoms with van der Waals surface area (Å²) in [6, 6.07) is 6.69. The predicted molar refractivity (Wildman–Crippen MR) is 80.7 cm³/mol. The van der Waals surface area contributed by atoms with Crippen molar-refractivity contribution in [3.05, 3.63) is 35.5 Å². The number of pyridine rings is 1. The van der Waals surface area contributed by atoms with Gasteiger partial charge in [-0.3, -0.25) is 4.98 Å². The van der Waals surface area contributed by atoms with Crippen molar-refractivity contribution in [2.45, 2.75) is 19.4 Å². The lowest BCUT2D eigenvalue weighted by molar-refractivity contribution is 0.402. The molecule has 3 heteroatoms. The smallest absolute Gasteiger partial charge is 0.0726 e. The number of benzene rings is 1. The summed E-state index contributed by atoms with van der Waals surface area (Å²) in [5.74, 6) is 0. The Labute approximate surface area is 114 Å². The van der Waals surface area contributed by atoms with Gasteiger partial charge in [-0.25, -0.2) is 0 Å². The lowest BCUT2D eigenvalue weighted by Gasteiger charge is -2.28. The molecule has 3 rings (SSSR count). The first-order valence-electron chi connectivity index (χ1n) is 6.91. The molecule has 0 bridgehead atoms. The van der Waals surface area contributed by atoms with Gasteiger partial charge >= 0.3 is 0 Å². The van der Waals surface area contributed by atoms with Crippen molar-refractivity contribution in [1.29, 1.82) is 0 Å². The average molecular weight is 255 g/mol.